The number of rotatable bonds is 2. The lowest BCUT2D eigenvalue weighted by atomic mass is 9.91. The molecule has 3 heteroatoms. The molecule has 1 heterocycles. The first-order valence-corrected chi connectivity index (χ1v) is 6.93. The standard InChI is InChI=1S/C17H18FNO/c1-11(2)16-17(12-6-4-3-5-7-12)20-15-9-8-13(18)10-14(15)19-16/h3-11,16-17,19H,1-2H3. The van der Waals surface area contributed by atoms with E-state index >= 15 is 0 Å². The maximum Gasteiger partial charge on any atom is 0.144 e. The highest BCUT2D eigenvalue weighted by atomic mass is 19.1. The first-order valence-electron chi connectivity index (χ1n) is 6.93. The topological polar surface area (TPSA) is 21.3 Å². The molecular weight excluding hydrogens is 253 g/mol. The number of nitrogens with one attached hydrogen (secondary N) is 1. The van der Waals surface area contributed by atoms with Gasteiger partial charge in [-0.05, 0) is 23.6 Å². The summed E-state index contributed by atoms with van der Waals surface area (Å²) in [4.78, 5) is 0. The van der Waals surface area contributed by atoms with Crippen LogP contribution >= 0.6 is 0 Å². The van der Waals surface area contributed by atoms with Gasteiger partial charge in [0.1, 0.15) is 17.7 Å². The molecule has 1 N–H and O–H groups in total. The van der Waals surface area contributed by atoms with Crippen molar-refractivity contribution in [3.63, 3.8) is 0 Å². The quantitative estimate of drug-likeness (QED) is 0.874. The molecule has 2 aromatic rings. The normalized spacial score (nSPS) is 21.0. The summed E-state index contributed by atoms with van der Waals surface area (Å²) < 4.78 is 19.5. The van der Waals surface area contributed by atoms with E-state index in [9.17, 15) is 4.39 Å². The molecule has 0 saturated heterocycles. The molecule has 104 valence electrons. The first-order chi connectivity index (χ1) is 9.65. The monoisotopic (exact) mass is 271 g/mol. The molecule has 2 unspecified atom stereocenters. The minimum atomic E-state index is -0.250. The van der Waals surface area contributed by atoms with Crippen molar-refractivity contribution in [3.8, 4) is 5.75 Å². The zero-order valence-electron chi connectivity index (χ0n) is 11.6. The van der Waals surface area contributed by atoms with Crippen LogP contribution in [0.15, 0.2) is 48.5 Å². The smallest absolute Gasteiger partial charge is 0.144 e. The third kappa shape index (κ3) is 2.36. The second kappa shape index (κ2) is 5.16. The van der Waals surface area contributed by atoms with E-state index in [0.717, 1.165) is 11.3 Å². The Kier molecular flexibility index (Phi) is 3.35. The van der Waals surface area contributed by atoms with Crippen molar-refractivity contribution in [2.75, 3.05) is 5.32 Å². The number of fused-ring (bicyclic) bond motifs is 1. The Morgan fingerprint density at radius 1 is 1.10 bits per heavy atom. The summed E-state index contributed by atoms with van der Waals surface area (Å²) >= 11 is 0. The van der Waals surface area contributed by atoms with Gasteiger partial charge in [0.25, 0.3) is 0 Å². The lowest BCUT2D eigenvalue weighted by Crippen LogP contribution is -2.39. The highest BCUT2D eigenvalue weighted by Crippen LogP contribution is 2.39. The number of hydrogen-bond donors (Lipinski definition) is 1. The van der Waals surface area contributed by atoms with Gasteiger partial charge >= 0.3 is 0 Å². The zero-order valence-corrected chi connectivity index (χ0v) is 11.6. The van der Waals surface area contributed by atoms with E-state index in [4.69, 9.17) is 4.74 Å². The SMILES string of the molecule is CC(C)C1Nc2cc(F)ccc2OC1c1ccccc1. The summed E-state index contributed by atoms with van der Waals surface area (Å²) in [5.41, 5.74) is 1.87. The number of hydrogen-bond acceptors (Lipinski definition) is 2. The second-order valence-electron chi connectivity index (χ2n) is 5.50. The Labute approximate surface area is 118 Å². The van der Waals surface area contributed by atoms with Crippen LogP contribution in [0.4, 0.5) is 10.1 Å². The van der Waals surface area contributed by atoms with Crippen molar-refractivity contribution >= 4 is 5.69 Å². The molecule has 0 aliphatic carbocycles. The van der Waals surface area contributed by atoms with Crippen molar-refractivity contribution in [3.05, 3.63) is 59.9 Å². The second-order valence-corrected chi connectivity index (χ2v) is 5.50. The molecule has 1 aliphatic rings. The average Bonchev–Trinajstić information content (AvgIpc) is 2.46. The van der Waals surface area contributed by atoms with Crippen LogP contribution in [0.3, 0.4) is 0 Å². The molecule has 0 amide bonds. The van der Waals surface area contributed by atoms with E-state index in [2.05, 4.69) is 31.3 Å². The van der Waals surface area contributed by atoms with Gasteiger partial charge in [-0.1, -0.05) is 44.2 Å². The van der Waals surface area contributed by atoms with Crippen molar-refractivity contribution in [1.29, 1.82) is 0 Å². The van der Waals surface area contributed by atoms with Crippen LogP contribution in [0, 0.1) is 11.7 Å². The Balaban J connectivity index is 1.99. The van der Waals surface area contributed by atoms with Crippen LogP contribution in [-0.4, -0.2) is 6.04 Å². The van der Waals surface area contributed by atoms with Gasteiger partial charge in [0.05, 0.1) is 11.7 Å². The van der Waals surface area contributed by atoms with Crippen LogP contribution in [0.1, 0.15) is 25.5 Å². The maximum absolute atomic E-state index is 13.3. The first kappa shape index (κ1) is 13.0. The summed E-state index contributed by atoms with van der Waals surface area (Å²) in [6.07, 6.45) is -0.0610. The van der Waals surface area contributed by atoms with E-state index in [-0.39, 0.29) is 18.0 Å². The van der Waals surface area contributed by atoms with E-state index in [1.165, 1.54) is 12.1 Å². The predicted molar refractivity (Wildman–Crippen MR) is 78.5 cm³/mol. The van der Waals surface area contributed by atoms with Gasteiger partial charge in [0.2, 0.25) is 0 Å². The van der Waals surface area contributed by atoms with Gasteiger partial charge in [-0.25, -0.2) is 4.39 Å². The minimum Gasteiger partial charge on any atom is -0.481 e. The Morgan fingerprint density at radius 2 is 1.85 bits per heavy atom. The lowest BCUT2D eigenvalue weighted by molar-refractivity contribution is 0.149. The molecule has 2 nitrogen and oxygen atoms in total. The summed E-state index contributed by atoms with van der Waals surface area (Å²) in [5, 5.41) is 3.42. The van der Waals surface area contributed by atoms with Crippen LogP contribution in [-0.2, 0) is 0 Å². The molecule has 20 heavy (non-hydrogen) atoms. The third-order valence-electron chi connectivity index (χ3n) is 3.69. The highest BCUT2D eigenvalue weighted by molar-refractivity contribution is 5.59. The van der Waals surface area contributed by atoms with Gasteiger partial charge in [-0.2, -0.15) is 0 Å². The molecule has 3 rings (SSSR count). The predicted octanol–water partition coefficient (Wildman–Crippen LogP) is 4.40. The molecule has 2 aromatic carbocycles. The van der Waals surface area contributed by atoms with Gasteiger partial charge in [-0.3, -0.25) is 0 Å². The average molecular weight is 271 g/mol. The number of benzene rings is 2. The van der Waals surface area contributed by atoms with Crippen molar-refractivity contribution in [2.45, 2.75) is 26.0 Å². The Bertz CT molecular complexity index is 597. The van der Waals surface area contributed by atoms with Crippen LogP contribution in [0.5, 0.6) is 5.75 Å². The van der Waals surface area contributed by atoms with Gasteiger partial charge in [-0.15, -0.1) is 0 Å². The Morgan fingerprint density at radius 3 is 2.55 bits per heavy atom. The number of ether oxygens (including phenoxy) is 1. The van der Waals surface area contributed by atoms with Crippen LogP contribution < -0.4 is 10.1 Å². The molecule has 0 radical (unpaired) electrons. The molecule has 0 aromatic heterocycles. The highest BCUT2D eigenvalue weighted by Gasteiger charge is 2.32. The molecule has 0 saturated carbocycles. The Hall–Kier alpha value is -2.03. The van der Waals surface area contributed by atoms with Crippen molar-refractivity contribution in [1.82, 2.24) is 0 Å². The largest absolute Gasteiger partial charge is 0.481 e. The number of anilines is 1. The zero-order chi connectivity index (χ0) is 14.1. The third-order valence-corrected chi connectivity index (χ3v) is 3.69. The molecule has 0 fully saturated rings. The minimum absolute atomic E-state index is 0.0610. The molecule has 1 aliphatic heterocycles. The van der Waals surface area contributed by atoms with E-state index < -0.39 is 0 Å². The van der Waals surface area contributed by atoms with Crippen LogP contribution in [0.2, 0.25) is 0 Å². The summed E-state index contributed by atoms with van der Waals surface area (Å²) in [6.45, 7) is 4.28. The fourth-order valence-corrected chi connectivity index (χ4v) is 2.62. The van der Waals surface area contributed by atoms with Crippen molar-refractivity contribution in [2.24, 2.45) is 5.92 Å². The van der Waals surface area contributed by atoms with Crippen LogP contribution in [0.25, 0.3) is 0 Å². The van der Waals surface area contributed by atoms with Gasteiger partial charge < -0.3 is 10.1 Å². The molecule has 0 spiro atoms. The molecular formula is C17H18FNO. The number of halogens is 1. The fourth-order valence-electron chi connectivity index (χ4n) is 2.62. The van der Waals surface area contributed by atoms with E-state index in [0.29, 0.717) is 11.7 Å². The lowest BCUT2D eigenvalue weighted by Gasteiger charge is -2.37. The molecule has 0 bridgehead atoms. The van der Waals surface area contributed by atoms with E-state index in [1.54, 1.807) is 6.07 Å². The summed E-state index contributed by atoms with van der Waals surface area (Å²) in [6, 6.07) is 14.9. The fraction of sp³-hybridized carbons (Fsp3) is 0.294. The summed E-state index contributed by atoms with van der Waals surface area (Å²) in [5.74, 6) is 0.828. The van der Waals surface area contributed by atoms with Gasteiger partial charge in [0.15, 0.2) is 0 Å². The maximum atomic E-state index is 13.3. The molecule has 2 atom stereocenters. The summed E-state index contributed by atoms with van der Waals surface area (Å²) in [7, 11) is 0. The van der Waals surface area contributed by atoms with E-state index in [1.807, 2.05) is 18.2 Å². The van der Waals surface area contributed by atoms with Gasteiger partial charge in [0, 0.05) is 6.07 Å². The van der Waals surface area contributed by atoms with Crippen molar-refractivity contribution < 1.29 is 9.13 Å².